The zero-order valence-corrected chi connectivity index (χ0v) is 12.3. The van der Waals surface area contributed by atoms with Gasteiger partial charge in [0.2, 0.25) is 0 Å². The quantitative estimate of drug-likeness (QED) is 0.730. The molecule has 2 heterocycles. The summed E-state index contributed by atoms with van der Waals surface area (Å²) in [5.41, 5.74) is 5.38. The molecule has 1 atom stereocenters. The van der Waals surface area contributed by atoms with Crippen molar-refractivity contribution in [3.8, 4) is 0 Å². The van der Waals surface area contributed by atoms with Crippen LogP contribution < -0.4 is 5.73 Å². The van der Waals surface area contributed by atoms with Gasteiger partial charge in [-0.2, -0.15) is 0 Å². The molecule has 2 aliphatic heterocycles. The van der Waals surface area contributed by atoms with Gasteiger partial charge in [-0.15, -0.1) is 0 Å². The molecule has 0 aromatic carbocycles. The first kappa shape index (κ1) is 14.6. The molecule has 2 rings (SSSR count). The lowest BCUT2D eigenvalue weighted by Crippen LogP contribution is -2.52. The normalized spacial score (nSPS) is 27.4. The van der Waals surface area contributed by atoms with Crippen molar-refractivity contribution in [2.45, 2.75) is 63.7 Å². The molecular formula is C14H26N2O3. The smallest absolute Gasteiger partial charge is 0.410 e. The summed E-state index contributed by atoms with van der Waals surface area (Å²) < 4.78 is 11.3. The topological polar surface area (TPSA) is 64.8 Å². The third-order valence-corrected chi connectivity index (χ3v) is 3.90. The standard InChI is InChI=1S/C14H26N2O3/c1-13(2,3)19-12(17)16-8-6-14(7-9-16)5-4-11(15)10-18-14/h11H,4-10,15H2,1-3H3. The average molecular weight is 270 g/mol. The Morgan fingerprint density at radius 1 is 1.32 bits per heavy atom. The Kier molecular flexibility index (Phi) is 4.06. The summed E-state index contributed by atoms with van der Waals surface area (Å²) in [6.45, 7) is 7.74. The Hall–Kier alpha value is -0.810. The molecule has 19 heavy (non-hydrogen) atoms. The van der Waals surface area contributed by atoms with Crippen LogP contribution in [0.1, 0.15) is 46.5 Å². The number of carbonyl (C=O) groups excluding carboxylic acids is 1. The summed E-state index contributed by atoms with van der Waals surface area (Å²) >= 11 is 0. The minimum Gasteiger partial charge on any atom is -0.444 e. The fourth-order valence-electron chi connectivity index (χ4n) is 2.71. The molecule has 110 valence electrons. The molecule has 5 heteroatoms. The molecular weight excluding hydrogens is 244 g/mol. The van der Waals surface area contributed by atoms with Gasteiger partial charge in [-0.05, 0) is 46.5 Å². The third-order valence-electron chi connectivity index (χ3n) is 3.90. The summed E-state index contributed by atoms with van der Waals surface area (Å²) in [6.07, 6.45) is 3.59. The molecule has 0 bridgehead atoms. The van der Waals surface area contributed by atoms with Gasteiger partial charge in [-0.1, -0.05) is 0 Å². The van der Waals surface area contributed by atoms with Crippen molar-refractivity contribution in [1.29, 1.82) is 0 Å². The predicted octanol–water partition coefficient (Wildman–Crippen LogP) is 1.89. The van der Waals surface area contributed by atoms with E-state index in [1.165, 1.54) is 0 Å². The van der Waals surface area contributed by atoms with Gasteiger partial charge in [0.1, 0.15) is 5.60 Å². The Bertz CT molecular complexity index is 320. The van der Waals surface area contributed by atoms with Crippen molar-refractivity contribution in [3.05, 3.63) is 0 Å². The number of carbonyl (C=O) groups is 1. The molecule has 0 radical (unpaired) electrons. The van der Waals surface area contributed by atoms with Gasteiger partial charge in [0.05, 0.1) is 12.2 Å². The number of piperidine rings is 1. The molecule has 0 aliphatic carbocycles. The highest BCUT2D eigenvalue weighted by atomic mass is 16.6. The van der Waals surface area contributed by atoms with Crippen molar-refractivity contribution in [3.63, 3.8) is 0 Å². The molecule has 0 aromatic heterocycles. The number of hydrogen-bond donors (Lipinski definition) is 1. The molecule has 1 spiro atoms. The van der Waals surface area contributed by atoms with E-state index in [9.17, 15) is 4.79 Å². The van der Waals surface area contributed by atoms with E-state index in [1.54, 1.807) is 4.90 Å². The first-order valence-corrected chi connectivity index (χ1v) is 7.17. The van der Waals surface area contributed by atoms with Gasteiger partial charge in [-0.25, -0.2) is 4.79 Å². The molecule has 0 saturated carbocycles. The summed E-state index contributed by atoms with van der Waals surface area (Å²) in [5, 5.41) is 0. The molecule has 2 aliphatic rings. The number of hydrogen-bond acceptors (Lipinski definition) is 4. The Morgan fingerprint density at radius 3 is 2.42 bits per heavy atom. The molecule has 1 amide bonds. The van der Waals surface area contributed by atoms with Crippen LogP contribution in [-0.4, -0.2) is 47.9 Å². The zero-order valence-electron chi connectivity index (χ0n) is 12.3. The lowest BCUT2D eigenvalue weighted by atomic mass is 9.83. The maximum absolute atomic E-state index is 12.0. The van der Waals surface area contributed by atoms with Gasteiger partial charge in [0.25, 0.3) is 0 Å². The van der Waals surface area contributed by atoms with Gasteiger partial charge < -0.3 is 20.1 Å². The van der Waals surface area contributed by atoms with Crippen LogP contribution in [0.15, 0.2) is 0 Å². The van der Waals surface area contributed by atoms with E-state index in [0.717, 1.165) is 25.7 Å². The maximum Gasteiger partial charge on any atom is 0.410 e. The number of ether oxygens (including phenoxy) is 2. The lowest BCUT2D eigenvalue weighted by molar-refractivity contribution is -0.116. The van der Waals surface area contributed by atoms with Gasteiger partial charge in [-0.3, -0.25) is 0 Å². The van der Waals surface area contributed by atoms with E-state index in [2.05, 4.69) is 0 Å². The lowest BCUT2D eigenvalue weighted by Gasteiger charge is -2.45. The van der Waals surface area contributed by atoms with Gasteiger partial charge >= 0.3 is 6.09 Å². The molecule has 0 aromatic rings. The number of likely N-dealkylation sites (tertiary alicyclic amines) is 1. The number of nitrogens with zero attached hydrogens (tertiary/aromatic N) is 1. The van der Waals surface area contributed by atoms with Crippen molar-refractivity contribution in [1.82, 2.24) is 4.90 Å². The monoisotopic (exact) mass is 270 g/mol. The first-order chi connectivity index (χ1) is 8.80. The van der Waals surface area contributed by atoms with E-state index in [-0.39, 0.29) is 17.7 Å². The Labute approximate surface area is 115 Å². The van der Waals surface area contributed by atoms with Crippen LogP contribution in [-0.2, 0) is 9.47 Å². The van der Waals surface area contributed by atoms with E-state index in [0.29, 0.717) is 19.7 Å². The molecule has 2 saturated heterocycles. The first-order valence-electron chi connectivity index (χ1n) is 7.17. The fourth-order valence-corrected chi connectivity index (χ4v) is 2.71. The largest absolute Gasteiger partial charge is 0.444 e. The number of amides is 1. The Balaban J connectivity index is 1.84. The predicted molar refractivity (Wildman–Crippen MR) is 72.9 cm³/mol. The highest BCUT2D eigenvalue weighted by molar-refractivity contribution is 5.68. The summed E-state index contributed by atoms with van der Waals surface area (Å²) in [7, 11) is 0. The van der Waals surface area contributed by atoms with E-state index in [1.807, 2.05) is 20.8 Å². The van der Waals surface area contributed by atoms with Crippen LogP contribution in [0.3, 0.4) is 0 Å². The zero-order chi connectivity index (χ0) is 14.1. The van der Waals surface area contributed by atoms with E-state index in [4.69, 9.17) is 15.2 Å². The maximum atomic E-state index is 12.0. The summed E-state index contributed by atoms with van der Waals surface area (Å²) in [6, 6.07) is 0.175. The average Bonchev–Trinajstić information content (AvgIpc) is 2.32. The summed E-state index contributed by atoms with van der Waals surface area (Å²) in [4.78, 5) is 13.8. The number of rotatable bonds is 0. The second-order valence-corrected chi connectivity index (χ2v) is 6.76. The minimum absolute atomic E-state index is 0.0472. The van der Waals surface area contributed by atoms with Crippen molar-refractivity contribution in [2.75, 3.05) is 19.7 Å². The van der Waals surface area contributed by atoms with Crippen molar-refractivity contribution >= 4 is 6.09 Å². The van der Waals surface area contributed by atoms with Gasteiger partial charge in [0.15, 0.2) is 0 Å². The highest BCUT2D eigenvalue weighted by Gasteiger charge is 2.40. The van der Waals surface area contributed by atoms with Gasteiger partial charge in [0, 0.05) is 19.1 Å². The van der Waals surface area contributed by atoms with Crippen LogP contribution in [0.4, 0.5) is 4.79 Å². The van der Waals surface area contributed by atoms with Crippen LogP contribution in [0.5, 0.6) is 0 Å². The molecule has 1 unspecified atom stereocenters. The molecule has 5 nitrogen and oxygen atoms in total. The van der Waals surface area contributed by atoms with Crippen molar-refractivity contribution < 1.29 is 14.3 Å². The SMILES string of the molecule is CC(C)(C)OC(=O)N1CCC2(CCC(N)CO2)CC1. The molecule has 2 fully saturated rings. The third kappa shape index (κ3) is 3.83. The minimum atomic E-state index is -0.430. The van der Waals surface area contributed by atoms with Crippen molar-refractivity contribution in [2.24, 2.45) is 5.73 Å². The summed E-state index contributed by atoms with van der Waals surface area (Å²) in [5.74, 6) is 0. The second-order valence-electron chi connectivity index (χ2n) is 6.76. The fraction of sp³-hybridized carbons (Fsp3) is 0.929. The number of nitrogens with two attached hydrogens (primary N) is 1. The van der Waals surface area contributed by atoms with Crippen LogP contribution >= 0.6 is 0 Å². The Morgan fingerprint density at radius 2 is 1.95 bits per heavy atom. The molecule has 2 N–H and O–H groups in total. The van der Waals surface area contributed by atoms with E-state index < -0.39 is 5.60 Å². The van der Waals surface area contributed by atoms with Crippen LogP contribution in [0.25, 0.3) is 0 Å². The highest BCUT2D eigenvalue weighted by Crippen LogP contribution is 2.34. The van der Waals surface area contributed by atoms with E-state index >= 15 is 0 Å². The second kappa shape index (κ2) is 5.29. The van der Waals surface area contributed by atoms with Crippen LogP contribution in [0, 0.1) is 0 Å². The van der Waals surface area contributed by atoms with Crippen LogP contribution in [0.2, 0.25) is 0 Å².